The van der Waals surface area contributed by atoms with Crippen molar-refractivity contribution in [2.24, 2.45) is 0 Å². The fourth-order valence-corrected chi connectivity index (χ4v) is 4.48. The van der Waals surface area contributed by atoms with Gasteiger partial charge >= 0.3 is 0 Å². The lowest BCUT2D eigenvalue weighted by atomic mass is 9.98. The van der Waals surface area contributed by atoms with E-state index in [1.165, 1.54) is 80.9 Å². The summed E-state index contributed by atoms with van der Waals surface area (Å²) in [6, 6.07) is 2.37. The molecule has 0 aromatic heterocycles. The third-order valence-electron chi connectivity index (χ3n) is 6.34. The molecule has 0 N–H and O–H groups in total. The molecule has 0 saturated heterocycles. The van der Waals surface area contributed by atoms with E-state index in [0.29, 0.717) is 0 Å². The standard InChI is InChI=1S/C30H56N2O2/c1-8-11-13-15-17-19-21-33-29-27(24-31(4)5)23-26(10-3)28(25-32(6)7)30(29)34-22-20-18-16-14-12-9-2/h23H,8-22,24-25H2,1-7H3. The van der Waals surface area contributed by atoms with Crippen LogP contribution in [-0.4, -0.2) is 51.2 Å². The van der Waals surface area contributed by atoms with Gasteiger partial charge in [0.1, 0.15) is 0 Å². The molecular weight excluding hydrogens is 420 g/mol. The topological polar surface area (TPSA) is 24.9 Å². The van der Waals surface area contributed by atoms with Crippen molar-refractivity contribution in [2.75, 3.05) is 41.4 Å². The fraction of sp³-hybridized carbons (Fsp3) is 0.800. The molecule has 0 spiro atoms. The maximum atomic E-state index is 6.58. The van der Waals surface area contributed by atoms with Gasteiger partial charge in [0.15, 0.2) is 11.5 Å². The molecule has 0 atom stereocenters. The van der Waals surface area contributed by atoms with Crippen LogP contribution < -0.4 is 9.47 Å². The molecule has 0 heterocycles. The molecule has 0 fully saturated rings. The predicted octanol–water partition coefficient (Wildman–Crippen LogP) is 7.85. The number of ether oxygens (including phenoxy) is 2. The lowest BCUT2D eigenvalue weighted by Gasteiger charge is -2.25. The molecule has 0 aliphatic carbocycles. The second-order valence-corrected chi connectivity index (χ2v) is 10.4. The lowest BCUT2D eigenvalue weighted by molar-refractivity contribution is 0.247. The summed E-state index contributed by atoms with van der Waals surface area (Å²) in [4.78, 5) is 4.48. The summed E-state index contributed by atoms with van der Waals surface area (Å²) in [5, 5.41) is 0. The first-order chi connectivity index (χ1) is 16.4. The Labute approximate surface area is 212 Å². The molecule has 1 aromatic rings. The summed E-state index contributed by atoms with van der Waals surface area (Å²) in [5.74, 6) is 1.99. The molecule has 4 heteroatoms. The van der Waals surface area contributed by atoms with E-state index in [1.807, 2.05) is 0 Å². The molecular formula is C30H56N2O2. The monoisotopic (exact) mass is 476 g/mol. The van der Waals surface area contributed by atoms with Crippen molar-refractivity contribution in [2.45, 2.75) is 117 Å². The number of aryl methyl sites for hydroxylation is 1. The van der Waals surface area contributed by atoms with Crippen LogP contribution in [0.2, 0.25) is 0 Å². The second kappa shape index (κ2) is 19.0. The highest BCUT2D eigenvalue weighted by Crippen LogP contribution is 2.39. The van der Waals surface area contributed by atoms with Crippen LogP contribution in [0, 0.1) is 0 Å². The highest BCUT2D eigenvalue weighted by Gasteiger charge is 2.21. The van der Waals surface area contributed by atoms with Crippen LogP contribution in [-0.2, 0) is 19.5 Å². The highest BCUT2D eigenvalue weighted by molar-refractivity contribution is 5.56. The summed E-state index contributed by atoms with van der Waals surface area (Å²) in [5.41, 5.74) is 3.95. The normalized spacial score (nSPS) is 11.6. The first-order valence-electron chi connectivity index (χ1n) is 14.2. The van der Waals surface area contributed by atoms with Gasteiger partial charge in [0.05, 0.1) is 13.2 Å². The number of rotatable bonds is 21. The van der Waals surface area contributed by atoms with Crippen molar-refractivity contribution in [3.8, 4) is 11.5 Å². The summed E-state index contributed by atoms with van der Waals surface area (Å²) in [6.45, 7) is 10.1. The minimum atomic E-state index is 0.771. The molecule has 198 valence electrons. The van der Waals surface area contributed by atoms with Gasteiger partial charge in [-0.1, -0.05) is 91.0 Å². The summed E-state index contributed by atoms with van der Waals surface area (Å²) in [7, 11) is 8.55. The van der Waals surface area contributed by atoms with Crippen molar-refractivity contribution in [1.29, 1.82) is 0 Å². The van der Waals surface area contributed by atoms with E-state index in [9.17, 15) is 0 Å². The average Bonchev–Trinajstić information content (AvgIpc) is 2.79. The molecule has 1 rings (SSSR count). The van der Waals surface area contributed by atoms with E-state index < -0.39 is 0 Å². The van der Waals surface area contributed by atoms with Crippen LogP contribution in [0.15, 0.2) is 6.07 Å². The Balaban J connectivity index is 3.05. The summed E-state index contributed by atoms with van der Waals surface area (Å²) in [6.07, 6.45) is 16.3. The van der Waals surface area contributed by atoms with Crippen LogP contribution in [0.3, 0.4) is 0 Å². The van der Waals surface area contributed by atoms with Crippen molar-refractivity contribution >= 4 is 0 Å². The summed E-state index contributed by atoms with van der Waals surface area (Å²) < 4.78 is 13.1. The molecule has 0 aliphatic rings. The molecule has 34 heavy (non-hydrogen) atoms. The second-order valence-electron chi connectivity index (χ2n) is 10.4. The first kappa shape index (κ1) is 30.8. The zero-order valence-corrected chi connectivity index (χ0v) is 23.8. The lowest BCUT2D eigenvalue weighted by Crippen LogP contribution is -2.18. The van der Waals surface area contributed by atoms with Crippen molar-refractivity contribution < 1.29 is 9.47 Å². The van der Waals surface area contributed by atoms with Gasteiger partial charge in [0.25, 0.3) is 0 Å². The minimum Gasteiger partial charge on any atom is -0.489 e. The number of unbranched alkanes of at least 4 members (excludes halogenated alkanes) is 10. The molecule has 1 aromatic carbocycles. The van der Waals surface area contributed by atoms with Crippen molar-refractivity contribution in [3.05, 3.63) is 22.8 Å². The van der Waals surface area contributed by atoms with Crippen molar-refractivity contribution in [1.82, 2.24) is 9.80 Å². The average molecular weight is 477 g/mol. The Bertz CT molecular complexity index is 643. The van der Waals surface area contributed by atoms with Crippen LogP contribution >= 0.6 is 0 Å². The van der Waals surface area contributed by atoms with E-state index in [-0.39, 0.29) is 0 Å². The number of benzene rings is 1. The van der Waals surface area contributed by atoms with Crippen LogP contribution in [0.25, 0.3) is 0 Å². The van der Waals surface area contributed by atoms with E-state index in [0.717, 1.165) is 57.1 Å². The van der Waals surface area contributed by atoms with Gasteiger partial charge < -0.3 is 19.3 Å². The van der Waals surface area contributed by atoms with Gasteiger partial charge in [0.2, 0.25) is 0 Å². The zero-order chi connectivity index (χ0) is 25.2. The van der Waals surface area contributed by atoms with Gasteiger partial charge in [-0.25, -0.2) is 0 Å². The number of nitrogens with zero attached hydrogens (tertiary/aromatic N) is 2. The first-order valence-corrected chi connectivity index (χ1v) is 14.2. The summed E-state index contributed by atoms with van der Waals surface area (Å²) >= 11 is 0. The SMILES string of the molecule is CCCCCCCCOc1c(CN(C)C)cc(CC)c(CN(C)C)c1OCCCCCCCC. The minimum absolute atomic E-state index is 0.771. The molecule has 4 nitrogen and oxygen atoms in total. The molecule has 0 unspecified atom stereocenters. The maximum absolute atomic E-state index is 6.58. The van der Waals surface area contributed by atoms with Crippen LogP contribution in [0.5, 0.6) is 11.5 Å². The maximum Gasteiger partial charge on any atom is 0.166 e. The molecule has 0 saturated carbocycles. The predicted molar refractivity (Wildman–Crippen MR) is 148 cm³/mol. The third kappa shape index (κ3) is 12.4. The van der Waals surface area contributed by atoms with E-state index in [2.05, 4.69) is 64.8 Å². The van der Waals surface area contributed by atoms with Gasteiger partial charge in [0, 0.05) is 24.2 Å². The van der Waals surface area contributed by atoms with Gasteiger partial charge in [-0.2, -0.15) is 0 Å². The molecule has 0 radical (unpaired) electrons. The number of hydrogen-bond acceptors (Lipinski definition) is 4. The molecule has 0 bridgehead atoms. The molecule has 0 amide bonds. The quantitative estimate of drug-likeness (QED) is 0.169. The van der Waals surface area contributed by atoms with Crippen molar-refractivity contribution in [3.63, 3.8) is 0 Å². The van der Waals surface area contributed by atoms with Crippen LogP contribution in [0.4, 0.5) is 0 Å². The Morgan fingerprint density at radius 3 is 1.50 bits per heavy atom. The Morgan fingerprint density at radius 1 is 0.559 bits per heavy atom. The van der Waals surface area contributed by atoms with Crippen LogP contribution in [0.1, 0.15) is 115 Å². The van der Waals surface area contributed by atoms with Gasteiger partial charge in [-0.3, -0.25) is 0 Å². The smallest absolute Gasteiger partial charge is 0.166 e. The molecule has 0 aliphatic heterocycles. The zero-order valence-electron chi connectivity index (χ0n) is 23.8. The highest BCUT2D eigenvalue weighted by atomic mass is 16.5. The Hall–Kier alpha value is -1.26. The van der Waals surface area contributed by atoms with E-state index >= 15 is 0 Å². The largest absolute Gasteiger partial charge is 0.489 e. The van der Waals surface area contributed by atoms with E-state index in [1.54, 1.807) is 0 Å². The van der Waals surface area contributed by atoms with E-state index in [4.69, 9.17) is 9.47 Å². The fourth-order valence-electron chi connectivity index (χ4n) is 4.48. The third-order valence-corrected chi connectivity index (χ3v) is 6.34. The van der Waals surface area contributed by atoms with Gasteiger partial charge in [-0.05, 0) is 53.0 Å². The number of hydrogen-bond donors (Lipinski definition) is 0. The van der Waals surface area contributed by atoms with Gasteiger partial charge in [-0.15, -0.1) is 0 Å². The Kier molecular flexibility index (Phi) is 17.2. The Morgan fingerprint density at radius 2 is 1.03 bits per heavy atom.